The summed E-state index contributed by atoms with van der Waals surface area (Å²) in [5.41, 5.74) is 0.473. The molecular formula is C27H32N6O5. The van der Waals surface area contributed by atoms with Gasteiger partial charge in [0.1, 0.15) is 22.9 Å². The first-order chi connectivity index (χ1) is 18.0. The Morgan fingerprint density at radius 1 is 1.11 bits per heavy atom. The van der Waals surface area contributed by atoms with E-state index in [0.717, 1.165) is 17.5 Å². The van der Waals surface area contributed by atoms with Gasteiger partial charge < -0.3 is 25.9 Å². The second kappa shape index (κ2) is 10.9. The number of carboxylic acid groups (broad SMARTS) is 1. The van der Waals surface area contributed by atoms with Crippen LogP contribution >= 0.6 is 0 Å². The number of amides is 2. The molecule has 1 saturated heterocycles. The number of pyridine rings is 1. The summed E-state index contributed by atoms with van der Waals surface area (Å²) in [5.74, 6) is 5.72. The predicted octanol–water partition coefficient (Wildman–Crippen LogP) is 3.80. The van der Waals surface area contributed by atoms with Crippen molar-refractivity contribution >= 4 is 23.8 Å². The fourth-order valence-electron chi connectivity index (χ4n) is 4.34. The molecule has 38 heavy (non-hydrogen) atoms. The quantitative estimate of drug-likeness (QED) is 0.415. The molecule has 0 aliphatic carbocycles. The van der Waals surface area contributed by atoms with Gasteiger partial charge in [-0.15, -0.1) is 0 Å². The smallest absolute Gasteiger partial charge is 0.410 e. The van der Waals surface area contributed by atoms with Gasteiger partial charge in [0, 0.05) is 36.8 Å². The van der Waals surface area contributed by atoms with E-state index < -0.39 is 11.6 Å². The SMILES string of the molecule is CC(C)(C)OC(=O)N1CCC(Cc2nc(-c3ccc(C(=O)Nc4ccccn4)cc3)c(C(=O)O)n2N)CC1. The minimum absolute atomic E-state index is 0.128. The molecule has 0 spiro atoms. The predicted molar refractivity (Wildman–Crippen MR) is 141 cm³/mol. The Kier molecular flexibility index (Phi) is 7.65. The first-order valence-electron chi connectivity index (χ1n) is 12.4. The van der Waals surface area contributed by atoms with E-state index in [1.165, 1.54) is 0 Å². The van der Waals surface area contributed by atoms with Gasteiger partial charge in [-0.3, -0.25) is 4.79 Å². The molecule has 3 aromatic rings. The largest absolute Gasteiger partial charge is 0.476 e. The van der Waals surface area contributed by atoms with Gasteiger partial charge in [-0.2, -0.15) is 0 Å². The lowest BCUT2D eigenvalue weighted by atomic mass is 9.93. The van der Waals surface area contributed by atoms with Crippen molar-refractivity contribution in [2.75, 3.05) is 24.2 Å². The molecule has 4 rings (SSSR count). The molecule has 1 aliphatic rings. The number of nitrogen functional groups attached to an aromatic ring is 1. The van der Waals surface area contributed by atoms with Crippen molar-refractivity contribution in [3.05, 3.63) is 65.7 Å². The molecule has 11 heteroatoms. The number of hydrogen-bond donors (Lipinski definition) is 3. The maximum absolute atomic E-state index is 12.5. The summed E-state index contributed by atoms with van der Waals surface area (Å²) in [6.07, 6.45) is 3.18. The highest BCUT2D eigenvalue weighted by Gasteiger charge is 2.29. The van der Waals surface area contributed by atoms with Crippen molar-refractivity contribution in [1.82, 2.24) is 19.5 Å². The Hall–Kier alpha value is -4.41. The molecule has 0 saturated carbocycles. The monoisotopic (exact) mass is 520 g/mol. The molecule has 0 atom stereocenters. The van der Waals surface area contributed by atoms with Gasteiger partial charge in [0.05, 0.1) is 0 Å². The number of likely N-dealkylation sites (tertiary alicyclic amines) is 1. The highest BCUT2D eigenvalue weighted by Crippen LogP contribution is 2.28. The number of imidazole rings is 1. The molecule has 200 valence electrons. The zero-order chi connectivity index (χ0) is 27.4. The van der Waals surface area contributed by atoms with E-state index >= 15 is 0 Å². The van der Waals surface area contributed by atoms with E-state index in [9.17, 15) is 19.5 Å². The van der Waals surface area contributed by atoms with Gasteiger partial charge in [0.15, 0.2) is 5.69 Å². The number of aromatic nitrogens is 3. The van der Waals surface area contributed by atoms with E-state index in [4.69, 9.17) is 10.6 Å². The Morgan fingerprint density at radius 3 is 2.37 bits per heavy atom. The number of aromatic carboxylic acids is 1. The van der Waals surface area contributed by atoms with Crippen LogP contribution in [0.15, 0.2) is 48.7 Å². The van der Waals surface area contributed by atoms with Crippen molar-refractivity contribution in [1.29, 1.82) is 0 Å². The highest BCUT2D eigenvalue weighted by atomic mass is 16.6. The van der Waals surface area contributed by atoms with Crippen LogP contribution < -0.4 is 11.2 Å². The zero-order valence-corrected chi connectivity index (χ0v) is 21.7. The van der Waals surface area contributed by atoms with Crippen LogP contribution in [0.3, 0.4) is 0 Å². The number of nitrogens with two attached hydrogens (primary N) is 1. The third kappa shape index (κ3) is 6.28. The van der Waals surface area contributed by atoms with E-state index in [0.29, 0.717) is 42.3 Å². The first-order valence-corrected chi connectivity index (χ1v) is 12.4. The third-order valence-corrected chi connectivity index (χ3v) is 6.25. The van der Waals surface area contributed by atoms with Crippen LogP contribution in [0.5, 0.6) is 0 Å². The molecule has 0 unspecified atom stereocenters. The summed E-state index contributed by atoms with van der Waals surface area (Å²) in [7, 11) is 0. The second-order valence-electron chi connectivity index (χ2n) is 10.3. The fraction of sp³-hybridized carbons (Fsp3) is 0.370. The first kappa shape index (κ1) is 26.6. The molecule has 0 radical (unpaired) electrons. The molecule has 11 nitrogen and oxygen atoms in total. The van der Waals surface area contributed by atoms with E-state index in [1.807, 2.05) is 20.8 Å². The Labute approximate surface area is 220 Å². The van der Waals surface area contributed by atoms with Crippen LogP contribution in [0.2, 0.25) is 0 Å². The van der Waals surface area contributed by atoms with Crippen LogP contribution in [0.4, 0.5) is 10.6 Å². The molecule has 0 bridgehead atoms. The Balaban J connectivity index is 1.46. The molecule has 1 aliphatic heterocycles. The van der Waals surface area contributed by atoms with Crippen molar-refractivity contribution in [2.24, 2.45) is 5.92 Å². The number of carbonyl (C=O) groups is 3. The number of carboxylic acids is 1. The number of piperidine rings is 1. The van der Waals surface area contributed by atoms with Crippen molar-refractivity contribution in [2.45, 2.75) is 45.6 Å². The minimum Gasteiger partial charge on any atom is -0.476 e. The van der Waals surface area contributed by atoms with E-state index in [1.54, 1.807) is 53.6 Å². The van der Waals surface area contributed by atoms with E-state index in [-0.39, 0.29) is 29.3 Å². The molecule has 3 heterocycles. The number of anilines is 1. The number of nitrogens with zero attached hydrogens (tertiary/aromatic N) is 4. The van der Waals surface area contributed by atoms with Crippen LogP contribution in [0.1, 0.15) is 60.3 Å². The number of benzene rings is 1. The van der Waals surface area contributed by atoms with Gasteiger partial charge in [-0.25, -0.2) is 24.2 Å². The standard InChI is InChI=1S/C27H32N6O5/c1-27(2,3)38-26(37)32-14-11-17(12-15-32)16-21-31-22(23(25(35)36)33(21)28)18-7-9-19(10-8-18)24(34)30-20-6-4-5-13-29-20/h4-10,13,17H,11-12,14-16,28H2,1-3H3,(H,35,36)(H,29,30,34). The van der Waals surface area contributed by atoms with Gasteiger partial charge in [0.2, 0.25) is 0 Å². The van der Waals surface area contributed by atoms with Crippen LogP contribution in [0, 0.1) is 5.92 Å². The molecule has 1 aromatic carbocycles. The number of nitrogens with one attached hydrogen (secondary N) is 1. The molecular weight excluding hydrogens is 488 g/mol. The van der Waals surface area contributed by atoms with Crippen molar-refractivity contribution in [3.8, 4) is 11.3 Å². The van der Waals surface area contributed by atoms with Gasteiger partial charge in [-0.1, -0.05) is 18.2 Å². The lowest BCUT2D eigenvalue weighted by Gasteiger charge is -2.33. The second-order valence-corrected chi connectivity index (χ2v) is 10.3. The summed E-state index contributed by atoms with van der Waals surface area (Å²) >= 11 is 0. The molecule has 2 amide bonds. The third-order valence-electron chi connectivity index (χ3n) is 6.25. The maximum atomic E-state index is 12.5. The zero-order valence-electron chi connectivity index (χ0n) is 21.7. The summed E-state index contributed by atoms with van der Waals surface area (Å²) < 4.78 is 6.58. The molecule has 2 aromatic heterocycles. The summed E-state index contributed by atoms with van der Waals surface area (Å²) in [5, 5.41) is 12.6. The van der Waals surface area contributed by atoms with Crippen LogP contribution in [-0.4, -0.2) is 61.3 Å². The Morgan fingerprint density at radius 2 is 1.79 bits per heavy atom. The fourth-order valence-corrected chi connectivity index (χ4v) is 4.34. The number of rotatable bonds is 6. The van der Waals surface area contributed by atoms with Gasteiger partial charge in [0.25, 0.3) is 5.91 Å². The van der Waals surface area contributed by atoms with Crippen LogP contribution in [-0.2, 0) is 11.2 Å². The normalized spacial score (nSPS) is 14.2. The molecule has 1 fully saturated rings. The summed E-state index contributed by atoms with van der Waals surface area (Å²) in [6.45, 7) is 6.60. The number of ether oxygens (including phenoxy) is 1. The average Bonchev–Trinajstić information content (AvgIpc) is 3.20. The van der Waals surface area contributed by atoms with Crippen molar-refractivity contribution < 1.29 is 24.2 Å². The minimum atomic E-state index is -1.20. The number of carbonyl (C=O) groups excluding carboxylic acids is 2. The van der Waals surface area contributed by atoms with E-state index in [2.05, 4.69) is 15.3 Å². The average molecular weight is 521 g/mol. The van der Waals surface area contributed by atoms with Gasteiger partial charge >= 0.3 is 12.1 Å². The van der Waals surface area contributed by atoms with Gasteiger partial charge in [-0.05, 0) is 63.8 Å². The maximum Gasteiger partial charge on any atom is 0.410 e. The highest BCUT2D eigenvalue weighted by molar-refractivity contribution is 6.04. The lowest BCUT2D eigenvalue weighted by molar-refractivity contribution is 0.0183. The summed E-state index contributed by atoms with van der Waals surface area (Å²) in [6, 6.07) is 11.7. The van der Waals surface area contributed by atoms with Crippen LogP contribution in [0.25, 0.3) is 11.3 Å². The summed E-state index contributed by atoms with van der Waals surface area (Å²) in [4.78, 5) is 47.3. The topological polar surface area (TPSA) is 153 Å². The lowest BCUT2D eigenvalue weighted by Crippen LogP contribution is -2.42. The molecule has 4 N–H and O–H groups in total. The Bertz CT molecular complexity index is 1310. The number of hydrogen-bond acceptors (Lipinski definition) is 7. The van der Waals surface area contributed by atoms with Crippen molar-refractivity contribution in [3.63, 3.8) is 0 Å².